The highest BCUT2D eigenvalue weighted by Gasteiger charge is 2.07. The smallest absolute Gasteiger partial charge is 0.138 e. The van der Waals surface area contributed by atoms with Gasteiger partial charge in [-0.2, -0.15) is 0 Å². The number of nitrogens with zero attached hydrogens (tertiary/aromatic N) is 2. The molecule has 0 saturated carbocycles. The third-order valence-corrected chi connectivity index (χ3v) is 4.06. The maximum Gasteiger partial charge on any atom is 0.138 e. The SMILES string of the molecule is C=Nc1ccc(-c2ccc3[nH]c(-c4ccccc4)nc3c2)cc1N. The van der Waals surface area contributed by atoms with Crippen LogP contribution in [0.25, 0.3) is 33.5 Å². The van der Waals surface area contributed by atoms with Crippen LogP contribution in [-0.4, -0.2) is 16.7 Å². The molecule has 3 aromatic carbocycles. The Balaban J connectivity index is 1.78. The second-order valence-corrected chi connectivity index (χ2v) is 5.62. The van der Waals surface area contributed by atoms with Gasteiger partial charge in [0, 0.05) is 5.56 Å². The molecule has 0 atom stereocenters. The first-order chi connectivity index (χ1) is 11.7. The molecule has 0 fully saturated rings. The molecule has 0 aliphatic rings. The van der Waals surface area contributed by atoms with E-state index in [0.717, 1.165) is 33.5 Å². The lowest BCUT2D eigenvalue weighted by Gasteiger charge is -2.05. The van der Waals surface area contributed by atoms with Crippen LogP contribution in [0.4, 0.5) is 11.4 Å². The first-order valence-corrected chi connectivity index (χ1v) is 7.66. The maximum absolute atomic E-state index is 6.01. The van der Waals surface area contributed by atoms with Gasteiger partial charge in [-0.05, 0) is 42.1 Å². The second kappa shape index (κ2) is 5.66. The molecule has 0 aliphatic heterocycles. The van der Waals surface area contributed by atoms with Gasteiger partial charge in [-0.1, -0.05) is 42.5 Å². The van der Waals surface area contributed by atoms with Crippen molar-refractivity contribution in [2.75, 3.05) is 5.73 Å². The Labute approximate surface area is 139 Å². The third kappa shape index (κ3) is 2.44. The number of nitrogen functional groups attached to an aromatic ring is 1. The van der Waals surface area contributed by atoms with Gasteiger partial charge in [0.25, 0.3) is 0 Å². The summed E-state index contributed by atoms with van der Waals surface area (Å²) in [6.45, 7) is 3.52. The molecule has 1 heterocycles. The molecule has 0 aliphatic carbocycles. The summed E-state index contributed by atoms with van der Waals surface area (Å²) in [6, 6.07) is 22.0. The van der Waals surface area contributed by atoms with E-state index in [-0.39, 0.29) is 0 Å². The molecule has 4 nitrogen and oxygen atoms in total. The maximum atomic E-state index is 6.01. The van der Waals surface area contributed by atoms with Crippen molar-refractivity contribution in [3.63, 3.8) is 0 Å². The Hall–Kier alpha value is -3.40. The molecule has 0 bridgehead atoms. The quantitative estimate of drug-likeness (QED) is 0.421. The van der Waals surface area contributed by atoms with E-state index >= 15 is 0 Å². The molecule has 0 saturated heterocycles. The highest BCUT2D eigenvalue weighted by molar-refractivity contribution is 5.85. The summed E-state index contributed by atoms with van der Waals surface area (Å²) in [6.07, 6.45) is 0. The lowest BCUT2D eigenvalue weighted by atomic mass is 10.0. The largest absolute Gasteiger partial charge is 0.397 e. The summed E-state index contributed by atoms with van der Waals surface area (Å²) in [5.41, 5.74) is 12.4. The van der Waals surface area contributed by atoms with Crippen molar-refractivity contribution in [2.24, 2.45) is 4.99 Å². The number of nitrogens with two attached hydrogens (primary N) is 1. The molecule has 0 radical (unpaired) electrons. The van der Waals surface area contributed by atoms with E-state index in [0.29, 0.717) is 11.4 Å². The first kappa shape index (κ1) is 14.2. The van der Waals surface area contributed by atoms with Crippen molar-refractivity contribution in [3.05, 3.63) is 66.7 Å². The average molecular weight is 312 g/mol. The molecule has 4 heteroatoms. The standard InChI is InChI=1S/C20H16N4/c1-22-17-9-7-14(11-16(17)21)15-8-10-18-19(12-15)24-20(23-18)13-5-3-2-4-6-13/h2-12H,1,21H2,(H,23,24). The van der Waals surface area contributed by atoms with E-state index in [2.05, 4.69) is 28.8 Å². The third-order valence-electron chi connectivity index (χ3n) is 4.06. The molecule has 116 valence electrons. The topological polar surface area (TPSA) is 67.1 Å². The Bertz CT molecular complexity index is 1030. The number of benzene rings is 3. The monoisotopic (exact) mass is 312 g/mol. The fraction of sp³-hybridized carbons (Fsp3) is 0. The Morgan fingerprint density at radius 2 is 1.62 bits per heavy atom. The Kier molecular flexibility index (Phi) is 3.35. The second-order valence-electron chi connectivity index (χ2n) is 5.62. The zero-order valence-corrected chi connectivity index (χ0v) is 13.0. The Morgan fingerprint density at radius 3 is 2.38 bits per heavy atom. The van der Waals surface area contributed by atoms with Crippen molar-refractivity contribution < 1.29 is 0 Å². The predicted molar refractivity (Wildman–Crippen MR) is 101 cm³/mol. The first-order valence-electron chi connectivity index (χ1n) is 7.66. The van der Waals surface area contributed by atoms with Crippen LogP contribution >= 0.6 is 0 Å². The zero-order chi connectivity index (χ0) is 16.5. The number of nitrogens with one attached hydrogen (secondary N) is 1. The molecule has 4 aromatic rings. The van der Waals surface area contributed by atoms with E-state index in [1.165, 1.54) is 0 Å². The van der Waals surface area contributed by atoms with Gasteiger partial charge in [-0.3, -0.25) is 4.99 Å². The number of aromatic nitrogens is 2. The summed E-state index contributed by atoms with van der Waals surface area (Å²) < 4.78 is 0. The summed E-state index contributed by atoms with van der Waals surface area (Å²) in [5.74, 6) is 0.869. The van der Waals surface area contributed by atoms with Gasteiger partial charge in [0.1, 0.15) is 5.82 Å². The van der Waals surface area contributed by atoms with Crippen molar-refractivity contribution in [1.82, 2.24) is 9.97 Å². The lowest BCUT2D eigenvalue weighted by molar-refractivity contribution is 1.34. The lowest BCUT2D eigenvalue weighted by Crippen LogP contribution is -1.87. The highest BCUT2D eigenvalue weighted by atomic mass is 14.9. The fourth-order valence-corrected chi connectivity index (χ4v) is 2.80. The average Bonchev–Trinajstić information content (AvgIpc) is 3.05. The number of rotatable bonds is 3. The minimum atomic E-state index is 0.620. The van der Waals surface area contributed by atoms with Gasteiger partial charge in [-0.25, -0.2) is 4.98 Å². The summed E-state index contributed by atoms with van der Waals surface area (Å²) in [5, 5.41) is 0. The van der Waals surface area contributed by atoms with Gasteiger partial charge in [0.15, 0.2) is 0 Å². The van der Waals surface area contributed by atoms with Gasteiger partial charge in [0.05, 0.1) is 22.4 Å². The van der Waals surface area contributed by atoms with Crippen molar-refractivity contribution in [1.29, 1.82) is 0 Å². The van der Waals surface area contributed by atoms with Gasteiger partial charge in [0.2, 0.25) is 0 Å². The van der Waals surface area contributed by atoms with Crippen LogP contribution in [0.2, 0.25) is 0 Å². The normalized spacial score (nSPS) is 10.8. The minimum absolute atomic E-state index is 0.620. The molecule has 0 unspecified atom stereocenters. The number of anilines is 1. The molecule has 3 N–H and O–H groups in total. The van der Waals surface area contributed by atoms with Crippen LogP contribution in [-0.2, 0) is 0 Å². The number of imidazole rings is 1. The van der Waals surface area contributed by atoms with E-state index in [1.807, 2.05) is 54.6 Å². The van der Waals surface area contributed by atoms with Crippen LogP contribution in [0, 0.1) is 0 Å². The molecular weight excluding hydrogens is 296 g/mol. The highest BCUT2D eigenvalue weighted by Crippen LogP contribution is 2.30. The molecular formula is C20H16N4. The molecule has 4 rings (SSSR count). The van der Waals surface area contributed by atoms with Crippen molar-refractivity contribution in [3.8, 4) is 22.5 Å². The number of aromatic amines is 1. The van der Waals surface area contributed by atoms with Crippen LogP contribution in [0.3, 0.4) is 0 Å². The minimum Gasteiger partial charge on any atom is -0.397 e. The number of aliphatic imine (C=N–C) groups is 1. The summed E-state index contributed by atoms with van der Waals surface area (Å²) in [4.78, 5) is 12.0. The number of fused-ring (bicyclic) bond motifs is 1. The van der Waals surface area contributed by atoms with Crippen LogP contribution in [0.5, 0.6) is 0 Å². The number of hydrogen-bond donors (Lipinski definition) is 2. The van der Waals surface area contributed by atoms with Crippen LogP contribution in [0.1, 0.15) is 0 Å². The zero-order valence-electron chi connectivity index (χ0n) is 13.0. The van der Waals surface area contributed by atoms with Crippen molar-refractivity contribution >= 4 is 29.1 Å². The number of hydrogen-bond acceptors (Lipinski definition) is 3. The van der Waals surface area contributed by atoms with E-state index in [9.17, 15) is 0 Å². The van der Waals surface area contributed by atoms with E-state index < -0.39 is 0 Å². The van der Waals surface area contributed by atoms with Crippen LogP contribution < -0.4 is 5.73 Å². The molecule has 24 heavy (non-hydrogen) atoms. The summed E-state index contributed by atoms with van der Waals surface area (Å²) >= 11 is 0. The van der Waals surface area contributed by atoms with Crippen LogP contribution in [0.15, 0.2) is 71.7 Å². The number of H-pyrrole nitrogens is 1. The van der Waals surface area contributed by atoms with Crippen molar-refractivity contribution in [2.45, 2.75) is 0 Å². The Morgan fingerprint density at radius 1 is 0.875 bits per heavy atom. The molecule has 1 aromatic heterocycles. The molecule has 0 amide bonds. The predicted octanol–water partition coefficient (Wildman–Crippen LogP) is 4.81. The van der Waals surface area contributed by atoms with E-state index in [4.69, 9.17) is 10.7 Å². The fourth-order valence-electron chi connectivity index (χ4n) is 2.80. The van der Waals surface area contributed by atoms with Gasteiger partial charge < -0.3 is 10.7 Å². The molecule has 0 spiro atoms. The van der Waals surface area contributed by atoms with Gasteiger partial charge >= 0.3 is 0 Å². The summed E-state index contributed by atoms with van der Waals surface area (Å²) in [7, 11) is 0. The van der Waals surface area contributed by atoms with Gasteiger partial charge in [-0.15, -0.1) is 0 Å². The van der Waals surface area contributed by atoms with E-state index in [1.54, 1.807) is 0 Å².